The molecule has 2 aromatic carbocycles. The molecule has 6 heteroatoms. The summed E-state index contributed by atoms with van der Waals surface area (Å²) < 4.78 is 0. The maximum absolute atomic E-state index is 12.9. The largest absolute Gasteiger partial charge is 0.337 e. The summed E-state index contributed by atoms with van der Waals surface area (Å²) >= 11 is 0. The Bertz CT molecular complexity index is 1010. The van der Waals surface area contributed by atoms with Gasteiger partial charge in [0.15, 0.2) is 5.78 Å². The van der Waals surface area contributed by atoms with E-state index in [1.54, 1.807) is 25.4 Å². The first-order valence-corrected chi connectivity index (χ1v) is 9.64. The fraction of sp³-hybridized carbons (Fsp3) is 0.217. The fourth-order valence-corrected chi connectivity index (χ4v) is 3.47. The van der Waals surface area contributed by atoms with Crippen LogP contribution in [0.15, 0.2) is 67.0 Å². The van der Waals surface area contributed by atoms with Crippen molar-refractivity contribution in [1.29, 1.82) is 0 Å². The highest BCUT2D eigenvalue weighted by Crippen LogP contribution is 2.22. The van der Waals surface area contributed by atoms with Crippen LogP contribution in [0.25, 0.3) is 11.1 Å². The molecule has 0 unspecified atom stereocenters. The quantitative estimate of drug-likeness (QED) is 0.644. The number of piperazine rings is 1. The van der Waals surface area contributed by atoms with Gasteiger partial charge in [-0.2, -0.15) is 0 Å². The minimum atomic E-state index is 0.0302. The van der Waals surface area contributed by atoms with Gasteiger partial charge in [-0.1, -0.05) is 30.3 Å². The first kappa shape index (κ1) is 18.8. The van der Waals surface area contributed by atoms with Crippen LogP contribution in [-0.4, -0.2) is 52.7 Å². The highest BCUT2D eigenvalue weighted by molar-refractivity contribution is 5.96. The molecule has 0 N–H and O–H groups in total. The highest BCUT2D eigenvalue weighted by Gasteiger charge is 2.23. The average Bonchev–Trinajstić information content (AvgIpc) is 2.79. The number of hydrogen-bond acceptors (Lipinski definition) is 5. The lowest BCUT2D eigenvalue weighted by molar-refractivity contribution is 0.0746. The van der Waals surface area contributed by atoms with E-state index in [0.29, 0.717) is 43.3 Å². The van der Waals surface area contributed by atoms with E-state index in [1.807, 2.05) is 53.4 Å². The summed E-state index contributed by atoms with van der Waals surface area (Å²) in [5, 5.41) is 0. The SMILES string of the molecule is CC(=O)c1cccc(-c2ccc(C(=O)N3CCN(c4ncccn4)CC3)cc2)c1. The number of hydrogen-bond donors (Lipinski definition) is 0. The van der Waals surface area contributed by atoms with E-state index in [-0.39, 0.29) is 11.7 Å². The molecule has 29 heavy (non-hydrogen) atoms. The molecule has 1 aliphatic rings. The van der Waals surface area contributed by atoms with Crippen LogP contribution in [0.2, 0.25) is 0 Å². The van der Waals surface area contributed by atoms with Crippen LogP contribution >= 0.6 is 0 Å². The number of carbonyl (C=O) groups excluding carboxylic acids is 2. The van der Waals surface area contributed by atoms with Gasteiger partial charge in [-0.25, -0.2) is 9.97 Å². The zero-order valence-electron chi connectivity index (χ0n) is 16.3. The molecule has 1 aromatic heterocycles. The van der Waals surface area contributed by atoms with Crippen molar-refractivity contribution in [3.63, 3.8) is 0 Å². The standard InChI is InChI=1S/C23H22N4O2/c1-17(28)20-4-2-5-21(16-20)18-6-8-19(9-7-18)22(29)26-12-14-27(15-13-26)23-24-10-3-11-25-23/h2-11,16H,12-15H2,1H3. The lowest BCUT2D eigenvalue weighted by Crippen LogP contribution is -2.49. The lowest BCUT2D eigenvalue weighted by Gasteiger charge is -2.34. The molecule has 0 bridgehead atoms. The molecule has 3 aromatic rings. The molecular formula is C23H22N4O2. The number of ketones is 1. The fourth-order valence-electron chi connectivity index (χ4n) is 3.47. The Morgan fingerprint density at radius 3 is 2.14 bits per heavy atom. The Morgan fingerprint density at radius 2 is 1.48 bits per heavy atom. The van der Waals surface area contributed by atoms with E-state index < -0.39 is 0 Å². The predicted molar refractivity (Wildman–Crippen MR) is 112 cm³/mol. The first-order valence-electron chi connectivity index (χ1n) is 9.64. The lowest BCUT2D eigenvalue weighted by atomic mass is 10.0. The minimum absolute atomic E-state index is 0.0302. The highest BCUT2D eigenvalue weighted by atomic mass is 16.2. The molecule has 1 aliphatic heterocycles. The van der Waals surface area contributed by atoms with Gasteiger partial charge < -0.3 is 9.80 Å². The Kier molecular flexibility index (Phi) is 5.33. The van der Waals surface area contributed by atoms with E-state index in [9.17, 15) is 9.59 Å². The summed E-state index contributed by atoms with van der Waals surface area (Å²) in [7, 11) is 0. The maximum Gasteiger partial charge on any atom is 0.253 e. The van der Waals surface area contributed by atoms with Crippen molar-refractivity contribution in [2.24, 2.45) is 0 Å². The third kappa shape index (κ3) is 4.16. The van der Waals surface area contributed by atoms with Crippen molar-refractivity contribution in [3.05, 3.63) is 78.1 Å². The average molecular weight is 386 g/mol. The third-order valence-corrected chi connectivity index (χ3v) is 5.14. The zero-order chi connectivity index (χ0) is 20.2. The van der Waals surface area contributed by atoms with Gasteiger partial charge >= 0.3 is 0 Å². The minimum Gasteiger partial charge on any atom is -0.337 e. The summed E-state index contributed by atoms with van der Waals surface area (Å²) in [6.07, 6.45) is 3.46. The molecule has 1 fully saturated rings. The molecular weight excluding hydrogens is 364 g/mol. The van der Waals surface area contributed by atoms with E-state index >= 15 is 0 Å². The maximum atomic E-state index is 12.9. The second-order valence-corrected chi connectivity index (χ2v) is 7.04. The van der Waals surface area contributed by atoms with E-state index in [2.05, 4.69) is 14.9 Å². The van der Waals surface area contributed by atoms with Crippen molar-refractivity contribution in [3.8, 4) is 11.1 Å². The second-order valence-electron chi connectivity index (χ2n) is 7.04. The molecule has 0 saturated carbocycles. The van der Waals surface area contributed by atoms with Gasteiger partial charge in [0.1, 0.15) is 0 Å². The summed E-state index contributed by atoms with van der Waals surface area (Å²) in [6.45, 7) is 4.26. The van der Waals surface area contributed by atoms with Crippen LogP contribution in [0.1, 0.15) is 27.6 Å². The second kappa shape index (κ2) is 8.22. The first-order chi connectivity index (χ1) is 14.1. The van der Waals surface area contributed by atoms with Gasteiger partial charge in [0.25, 0.3) is 5.91 Å². The van der Waals surface area contributed by atoms with Crippen LogP contribution in [-0.2, 0) is 0 Å². The molecule has 4 rings (SSSR count). The van der Waals surface area contributed by atoms with Gasteiger partial charge in [-0.05, 0) is 42.3 Å². The number of nitrogens with zero attached hydrogens (tertiary/aromatic N) is 4. The van der Waals surface area contributed by atoms with E-state index in [0.717, 1.165) is 11.1 Å². The normalized spacial score (nSPS) is 14.0. The van der Waals surface area contributed by atoms with Gasteiger partial charge in [0, 0.05) is 49.7 Å². The van der Waals surface area contributed by atoms with Crippen LogP contribution in [0.5, 0.6) is 0 Å². The molecule has 146 valence electrons. The Balaban J connectivity index is 1.42. The molecule has 1 saturated heterocycles. The van der Waals surface area contributed by atoms with E-state index in [4.69, 9.17) is 0 Å². The predicted octanol–water partition coefficient (Wildman–Crippen LogP) is 3.31. The van der Waals surface area contributed by atoms with Gasteiger partial charge in [0.05, 0.1) is 0 Å². The number of rotatable bonds is 4. The number of Topliss-reactive ketones (excluding diaryl/α,β-unsaturated/α-hetero) is 1. The van der Waals surface area contributed by atoms with Crippen LogP contribution in [0, 0.1) is 0 Å². The van der Waals surface area contributed by atoms with Crippen molar-refractivity contribution in [1.82, 2.24) is 14.9 Å². The molecule has 0 spiro atoms. The molecule has 6 nitrogen and oxygen atoms in total. The number of anilines is 1. The summed E-state index contributed by atoms with van der Waals surface area (Å²) in [5.41, 5.74) is 3.30. The molecule has 1 amide bonds. The third-order valence-electron chi connectivity index (χ3n) is 5.14. The van der Waals surface area contributed by atoms with Crippen molar-refractivity contribution in [2.45, 2.75) is 6.92 Å². The zero-order valence-corrected chi connectivity index (χ0v) is 16.3. The number of aromatic nitrogens is 2. The van der Waals surface area contributed by atoms with Crippen molar-refractivity contribution < 1.29 is 9.59 Å². The van der Waals surface area contributed by atoms with Crippen molar-refractivity contribution in [2.75, 3.05) is 31.1 Å². The van der Waals surface area contributed by atoms with E-state index in [1.165, 1.54) is 0 Å². The van der Waals surface area contributed by atoms with Crippen LogP contribution < -0.4 is 4.90 Å². The molecule has 2 heterocycles. The summed E-state index contributed by atoms with van der Waals surface area (Å²) in [6, 6.07) is 16.9. The Morgan fingerprint density at radius 1 is 0.793 bits per heavy atom. The monoisotopic (exact) mass is 386 g/mol. The Hall–Kier alpha value is -3.54. The van der Waals surface area contributed by atoms with Crippen LogP contribution in [0.4, 0.5) is 5.95 Å². The number of carbonyl (C=O) groups is 2. The molecule has 0 aliphatic carbocycles. The molecule has 0 atom stereocenters. The summed E-state index contributed by atoms with van der Waals surface area (Å²) in [4.78, 5) is 37.0. The smallest absolute Gasteiger partial charge is 0.253 e. The number of amides is 1. The van der Waals surface area contributed by atoms with Gasteiger partial charge in [-0.3, -0.25) is 9.59 Å². The van der Waals surface area contributed by atoms with Crippen molar-refractivity contribution >= 4 is 17.6 Å². The van der Waals surface area contributed by atoms with Crippen LogP contribution in [0.3, 0.4) is 0 Å². The Labute approximate surface area is 169 Å². The topological polar surface area (TPSA) is 66.4 Å². The molecule has 0 radical (unpaired) electrons. The number of benzene rings is 2. The van der Waals surface area contributed by atoms with Gasteiger partial charge in [0.2, 0.25) is 5.95 Å². The summed E-state index contributed by atoms with van der Waals surface area (Å²) in [5.74, 6) is 0.776. The van der Waals surface area contributed by atoms with Gasteiger partial charge in [-0.15, -0.1) is 0 Å².